The molecule has 2 rings (SSSR count). The SMILES string of the molecule is CN(C(=O)c1cc(F)ccc1N)c1ccc(C#N)cc1. The second-order valence-electron chi connectivity index (χ2n) is 4.25. The van der Waals surface area contributed by atoms with Crippen LogP contribution in [0.5, 0.6) is 0 Å². The summed E-state index contributed by atoms with van der Waals surface area (Å²) in [5.41, 5.74) is 7.12. The second-order valence-corrected chi connectivity index (χ2v) is 4.25. The monoisotopic (exact) mass is 269 g/mol. The number of nitrogens with zero attached hydrogens (tertiary/aromatic N) is 2. The summed E-state index contributed by atoms with van der Waals surface area (Å²) in [6.45, 7) is 0. The Balaban J connectivity index is 2.32. The van der Waals surface area contributed by atoms with Crippen LogP contribution in [0.1, 0.15) is 15.9 Å². The summed E-state index contributed by atoms with van der Waals surface area (Å²) >= 11 is 0. The fourth-order valence-electron chi connectivity index (χ4n) is 1.77. The average molecular weight is 269 g/mol. The Hall–Kier alpha value is -2.87. The average Bonchev–Trinajstić information content (AvgIpc) is 2.48. The molecule has 0 aromatic heterocycles. The number of anilines is 2. The zero-order valence-electron chi connectivity index (χ0n) is 10.8. The molecule has 0 aliphatic heterocycles. The van der Waals surface area contributed by atoms with Crippen molar-refractivity contribution >= 4 is 17.3 Å². The van der Waals surface area contributed by atoms with Crippen molar-refractivity contribution in [3.8, 4) is 6.07 Å². The highest BCUT2D eigenvalue weighted by Gasteiger charge is 2.16. The molecule has 0 atom stereocenters. The van der Waals surface area contributed by atoms with Crippen molar-refractivity contribution in [2.24, 2.45) is 0 Å². The van der Waals surface area contributed by atoms with Crippen molar-refractivity contribution in [3.05, 3.63) is 59.4 Å². The van der Waals surface area contributed by atoms with Crippen LogP contribution in [0.4, 0.5) is 15.8 Å². The van der Waals surface area contributed by atoms with Crippen LogP contribution in [0.15, 0.2) is 42.5 Å². The third-order valence-electron chi connectivity index (χ3n) is 2.93. The van der Waals surface area contributed by atoms with Gasteiger partial charge in [0.25, 0.3) is 5.91 Å². The van der Waals surface area contributed by atoms with Gasteiger partial charge >= 0.3 is 0 Å². The molecule has 0 heterocycles. The highest BCUT2D eigenvalue weighted by Crippen LogP contribution is 2.20. The van der Waals surface area contributed by atoms with E-state index in [9.17, 15) is 9.18 Å². The van der Waals surface area contributed by atoms with E-state index in [-0.39, 0.29) is 11.3 Å². The molecule has 0 fully saturated rings. The number of carbonyl (C=O) groups is 1. The van der Waals surface area contributed by atoms with Crippen molar-refractivity contribution in [3.63, 3.8) is 0 Å². The molecule has 0 unspecified atom stereocenters. The van der Waals surface area contributed by atoms with Crippen molar-refractivity contribution in [1.29, 1.82) is 5.26 Å². The number of benzene rings is 2. The van der Waals surface area contributed by atoms with Gasteiger partial charge in [-0.15, -0.1) is 0 Å². The largest absolute Gasteiger partial charge is 0.398 e. The molecule has 4 nitrogen and oxygen atoms in total. The smallest absolute Gasteiger partial charge is 0.260 e. The Bertz CT molecular complexity index is 689. The van der Waals surface area contributed by atoms with Crippen LogP contribution in [0.25, 0.3) is 0 Å². The summed E-state index contributed by atoms with van der Waals surface area (Å²) in [7, 11) is 1.56. The van der Waals surface area contributed by atoms with E-state index in [2.05, 4.69) is 0 Å². The van der Waals surface area contributed by atoms with Gasteiger partial charge in [0, 0.05) is 18.4 Å². The molecule has 0 radical (unpaired) electrons. The molecular formula is C15H12FN3O. The van der Waals surface area contributed by atoms with Crippen LogP contribution >= 0.6 is 0 Å². The van der Waals surface area contributed by atoms with E-state index in [4.69, 9.17) is 11.0 Å². The zero-order chi connectivity index (χ0) is 14.7. The summed E-state index contributed by atoms with van der Waals surface area (Å²) in [5, 5.41) is 8.73. The lowest BCUT2D eigenvalue weighted by atomic mass is 10.1. The minimum absolute atomic E-state index is 0.108. The number of hydrogen-bond acceptors (Lipinski definition) is 3. The summed E-state index contributed by atoms with van der Waals surface area (Å²) in [6, 6.07) is 12.2. The molecule has 20 heavy (non-hydrogen) atoms. The first kappa shape index (κ1) is 13.6. The van der Waals surface area contributed by atoms with Gasteiger partial charge in [0.05, 0.1) is 17.2 Å². The minimum Gasteiger partial charge on any atom is -0.398 e. The number of nitrogen functional groups attached to an aromatic ring is 1. The lowest BCUT2D eigenvalue weighted by molar-refractivity contribution is 0.0993. The standard InChI is InChI=1S/C15H12FN3O/c1-19(12-5-2-10(9-17)3-6-12)15(20)13-8-11(16)4-7-14(13)18/h2-8H,18H2,1H3. The van der Waals surface area contributed by atoms with E-state index in [1.54, 1.807) is 31.3 Å². The van der Waals surface area contributed by atoms with Gasteiger partial charge in [-0.3, -0.25) is 4.79 Å². The summed E-state index contributed by atoms with van der Waals surface area (Å²) in [6.07, 6.45) is 0. The molecule has 2 aromatic carbocycles. The van der Waals surface area contributed by atoms with Gasteiger partial charge in [-0.2, -0.15) is 5.26 Å². The predicted molar refractivity (Wildman–Crippen MR) is 74.7 cm³/mol. The van der Waals surface area contributed by atoms with Gasteiger partial charge in [0.2, 0.25) is 0 Å². The molecule has 0 saturated heterocycles. The molecule has 2 N–H and O–H groups in total. The zero-order valence-corrected chi connectivity index (χ0v) is 10.8. The predicted octanol–water partition coefficient (Wildman–Crippen LogP) is 2.56. The Morgan fingerprint density at radius 3 is 2.50 bits per heavy atom. The molecule has 1 amide bonds. The quantitative estimate of drug-likeness (QED) is 0.852. The van der Waals surface area contributed by atoms with Crippen LogP contribution in [0.3, 0.4) is 0 Å². The topological polar surface area (TPSA) is 70.1 Å². The number of rotatable bonds is 2. The maximum absolute atomic E-state index is 13.2. The highest BCUT2D eigenvalue weighted by molar-refractivity contribution is 6.09. The lowest BCUT2D eigenvalue weighted by Gasteiger charge is -2.18. The van der Waals surface area contributed by atoms with Crippen LogP contribution in [0, 0.1) is 17.1 Å². The number of nitriles is 1. The molecule has 100 valence electrons. The van der Waals surface area contributed by atoms with Gasteiger partial charge in [-0.25, -0.2) is 4.39 Å². The maximum atomic E-state index is 13.2. The van der Waals surface area contributed by atoms with Crippen LogP contribution in [-0.4, -0.2) is 13.0 Å². The second kappa shape index (κ2) is 5.41. The van der Waals surface area contributed by atoms with E-state index in [1.165, 1.54) is 17.0 Å². The van der Waals surface area contributed by atoms with Gasteiger partial charge in [0.15, 0.2) is 0 Å². The molecule has 0 saturated carbocycles. The first-order valence-corrected chi connectivity index (χ1v) is 5.86. The first-order valence-electron chi connectivity index (χ1n) is 5.86. The number of halogens is 1. The van der Waals surface area contributed by atoms with Crippen molar-refractivity contribution in [2.45, 2.75) is 0 Å². The molecule has 0 aliphatic rings. The Labute approximate surface area is 115 Å². The summed E-state index contributed by atoms with van der Waals surface area (Å²) < 4.78 is 13.2. The fraction of sp³-hybridized carbons (Fsp3) is 0.0667. The third-order valence-corrected chi connectivity index (χ3v) is 2.93. The van der Waals surface area contributed by atoms with E-state index in [1.807, 2.05) is 6.07 Å². The number of carbonyl (C=O) groups excluding carboxylic acids is 1. The maximum Gasteiger partial charge on any atom is 0.260 e. The lowest BCUT2D eigenvalue weighted by Crippen LogP contribution is -2.27. The highest BCUT2D eigenvalue weighted by atomic mass is 19.1. The first-order chi connectivity index (χ1) is 9.52. The normalized spacial score (nSPS) is 9.85. The van der Waals surface area contributed by atoms with E-state index in [0.717, 1.165) is 6.07 Å². The van der Waals surface area contributed by atoms with Crippen molar-refractivity contribution < 1.29 is 9.18 Å². The molecule has 0 spiro atoms. The van der Waals surface area contributed by atoms with E-state index >= 15 is 0 Å². The van der Waals surface area contributed by atoms with Crippen LogP contribution in [0.2, 0.25) is 0 Å². The number of amides is 1. The third kappa shape index (κ3) is 2.59. The Morgan fingerprint density at radius 2 is 1.90 bits per heavy atom. The van der Waals surface area contributed by atoms with E-state index < -0.39 is 11.7 Å². The summed E-state index contributed by atoms with van der Waals surface area (Å²) in [5.74, 6) is -0.928. The van der Waals surface area contributed by atoms with Crippen molar-refractivity contribution in [2.75, 3.05) is 17.7 Å². The van der Waals surface area contributed by atoms with Gasteiger partial charge in [-0.1, -0.05) is 0 Å². The Morgan fingerprint density at radius 1 is 1.25 bits per heavy atom. The molecule has 0 aliphatic carbocycles. The molecule has 2 aromatic rings. The summed E-state index contributed by atoms with van der Waals surface area (Å²) in [4.78, 5) is 13.6. The van der Waals surface area contributed by atoms with E-state index in [0.29, 0.717) is 11.3 Å². The minimum atomic E-state index is -0.518. The molecule has 0 bridgehead atoms. The number of hydrogen-bond donors (Lipinski definition) is 1. The van der Waals surface area contributed by atoms with Crippen molar-refractivity contribution in [1.82, 2.24) is 0 Å². The molecular weight excluding hydrogens is 257 g/mol. The van der Waals surface area contributed by atoms with Gasteiger partial charge in [-0.05, 0) is 42.5 Å². The van der Waals surface area contributed by atoms with Gasteiger partial charge in [0.1, 0.15) is 5.82 Å². The molecule has 5 heteroatoms. The fourth-order valence-corrected chi connectivity index (χ4v) is 1.77. The van der Waals surface area contributed by atoms with Crippen LogP contribution < -0.4 is 10.6 Å². The number of nitrogens with two attached hydrogens (primary N) is 1. The van der Waals surface area contributed by atoms with Gasteiger partial charge < -0.3 is 10.6 Å². The Kier molecular flexibility index (Phi) is 3.67. The van der Waals surface area contributed by atoms with Crippen LogP contribution in [-0.2, 0) is 0 Å².